The van der Waals surface area contributed by atoms with Gasteiger partial charge in [0.2, 0.25) is 5.91 Å². The Bertz CT molecular complexity index is 1080. The molecule has 6 heteroatoms. The summed E-state index contributed by atoms with van der Waals surface area (Å²) in [4.78, 5) is 31.8. The van der Waals surface area contributed by atoms with Crippen LogP contribution in [0.3, 0.4) is 0 Å². The minimum Gasteiger partial charge on any atom is -0.351 e. The average molecular weight is 405 g/mol. The third kappa shape index (κ3) is 4.44. The molecule has 156 valence electrons. The topological polar surface area (TPSA) is 66.7 Å². The lowest BCUT2D eigenvalue weighted by Gasteiger charge is -2.39. The fourth-order valence-electron chi connectivity index (χ4n) is 4.17. The Morgan fingerprint density at radius 2 is 1.93 bits per heavy atom. The molecule has 0 bridgehead atoms. The van der Waals surface area contributed by atoms with Crippen molar-refractivity contribution in [2.75, 3.05) is 13.1 Å². The number of hydrogen-bond acceptors (Lipinski definition) is 4. The molecule has 2 aromatic heterocycles. The summed E-state index contributed by atoms with van der Waals surface area (Å²) in [5.41, 5.74) is 2.61. The first-order valence-corrected chi connectivity index (χ1v) is 10.6. The fraction of sp³-hybridized carbons (Fsp3) is 0.375. The molecule has 0 spiro atoms. The van der Waals surface area contributed by atoms with Gasteiger partial charge in [0.15, 0.2) is 0 Å². The van der Waals surface area contributed by atoms with Crippen LogP contribution in [0.15, 0.2) is 65.6 Å². The monoisotopic (exact) mass is 404 g/mol. The number of rotatable bonds is 5. The maximum Gasteiger partial charge on any atom is 0.258 e. The van der Waals surface area contributed by atoms with E-state index < -0.39 is 0 Å². The Kier molecular flexibility index (Phi) is 5.95. The molecule has 1 aliphatic rings. The van der Waals surface area contributed by atoms with E-state index in [9.17, 15) is 9.59 Å². The number of pyridine rings is 1. The minimum absolute atomic E-state index is 0.0256. The lowest BCUT2D eigenvalue weighted by molar-refractivity contribution is -0.125. The van der Waals surface area contributed by atoms with Gasteiger partial charge in [0, 0.05) is 43.2 Å². The highest BCUT2D eigenvalue weighted by molar-refractivity contribution is 5.78. The molecule has 1 amide bonds. The Morgan fingerprint density at radius 3 is 2.70 bits per heavy atom. The number of benzene rings is 1. The Balaban J connectivity index is 1.54. The van der Waals surface area contributed by atoms with Crippen LogP contribution in [0.4, 0.5) is 0 Å². The van der Waals surface area contributed by atoms with Gasteiger partial charge in [-0.3, -0.25) is 18.9 Å². The molecule has 0 aliphatic carbocycles. The maximum atomic E-state index is 12.5. The molecule has 3 aromatic rings. The molecule has 3 heterocycles. The van der Waals surface area contributed by atoms with Crippen molar-refractivity contribution in [3.63, 3.8) is 0 Å². The van der Waals surface area contributed by atoms with Crippen LogP contribution < -0.4 is 10.9 Å². The number of aromatic nitrogens is 2. The summed E-state index contributed by atoms with van der Waals surface area (Å²) >= 11 is 0. The second-order valence-corrected chi connectivity index (χ2v) is 8.33. The number of fused-ring (bicyclic) bond motifs is 1. The van der Waals surface area contributed by atoms with Crippen molar-refractivity contribution in [1.29, 1.82) is 0 Å². The zero-order chi connectivity index (χ0) is 21.1. The summed E-state index contributed by atoms with van der Waals surface area (Å²) in [6, 6.07) is 17.6. The number of likely N-dealkylation sites (tertiary alicyclic amines) is 1. The number of carbonyl (C=O) groups is 1. The van der Waals surface area contributed by atoms with E-state index in [1.54, 1.807) is 16.7 Å². The van der Waals surface area contributed by atoms with Crippen LogP contribution in [0.25, 0.3) is 5.65 Å². The van der Waals surface area contributed by atoms with E-state index in [1.807, 2.05) is 38.1 Å². The smallest absolute Gasteiger partial charge is 0.258 e. The van der Waals surface area contributed by atoms with E-state index in [2.05, 4.69) is 39.5 Å². The van der Waals surface area contributed by atoms with Gasteiger partial charge in [0.05, 0.1) is 5.69 Å². The quantitative estimate of drug-likeness (QED) is 0.710. The molecular formula is C24H28N4O2. The number of nitrogens with one attached hydrogen (secondary N) is 1. The SMILES string of the molecule is CC(C)C(=O)N[C@H]1CN(Cc2cc(=O)n3ccccc3n2)CC[C@H]1c1ccccc1. The predicted molar refractivity (Wildman–Crippen MR) is 117 cm³/mol. The van der Waals surface area contributed by atoms with E-state index in [0.717, 1.165) is 25.2 Å². The van der Waals surface area contributed by atoms with Gasteiger partial charge in [0.1, 0.15) is 5.65 Å². The normalized spacial score (nSPS) is 19.8. The largest absolute Gasteiger partial charge is 0.351 e. The van der Waals surface area contributed by atoms with Crippen LogP contribution in [0, 0.1) is 5.92 Å². The molecule has 0 unspecified atom stereocenters. The summed E-state index contributed by atoms with van der Waals surface area (Å²) in [7, 11) is 0. The van der Waals surface area contributed by atoms with Crippen LogP contribution in [0.1, 0.15) is 37.4 Å². The van der Waals surface area contributed by atoms with E-state index in [-0.39, 0.29) is 29.3 Å². The van der Waals surface area contributed by atoms with Crippen molar-refractivity contribution >= 4 is 11.6 Å². The molecule has 1 aromatic carbocycles. The molecule has 2 atom stereocenters. The third-order valence-electron chi connectivity index (χ3n) is 5.79. The zero-order valence-electron chi connectivity index (χ0n) is 17.5. The molecule has 1 saturated heterocycles. The van der Waals surface area contributed by atoms with Crippen molar-refractivity contribution in [2.45, 2.75) is 38.8 Å². The van der Waals surface area contributed by atoms with Crippen molar-refractivity contribution in [1.82, 2.24) is 19.6 Å². The second kappa shape index (κ2) is 8.79. The predicted octanol–water partition coefficient (Wildman–Crippen LogP) is 2.82. The Hall–Kier alpha value is -2.99. The van der Waals surface area contributed by atoms with Crippen molar-refractivity contribution in [3.05, 3.63) is 82.4 Å². The summed E-state index contributed by atoms with van der Waals surface area (Å²) in [5, 5.41) is 3.26. The van der Waals surface area contributed by atoms with E-state index in [0.29, 0.717) is 12.2 Å². The molecule has 1 aliphatic heterocycles. The zero-order valence-corrected chi connectivity index (χ0v) is 17.5. The van der Waals surface area contributed by atoms with Gasteiger partial charge in [-0.1, -0.05) is 50.2 Å². The summed E-state index contributed by atoms with van der Waals surface area (Å²) < 4.78 is 1.55. The van der Waals surface area contributed by atoms with Crippen LogP contribution in [-0.4, -0.2) is 39.3 Å². The minimum atomic E-state index is -0.0700. The highest BCUT2D eigenvalue weighted by Crippen LogP contribution is 2.29. The van der Waals surface area contributed by atoms with Crippen molar-refractivity contribution in [3.8, 4) is 0 Å². The standard InChI is InChI=1S/C24H28N4O2/c1-17(2)24(30)26-21-16-27(13-11-20(21)18-8-4-3-5-9-18)15-19-14-23(29)28-12-7-6-10-22(28)25-19/h3-10,12,14,17,20-21H,11,13,15-16H2,1-2H3,(H,26,30)/t20-,21-/m0/s1. The van der Waals surface area contributed by atoms with Crippen molar-refractivity contribution < 1.29 is 4.79 Å². The lowest BCUT2D eigenvalue weighted by Crippen LogP contribution is -2.52. The molecule has 4 rings (SSSR count). The molecule has 1 fully saturated rings. The van der Waals surface area contributed by atoms with Gasteiger partial charge in [-0.05, 0) is 30.7 Å². The first-order chi connectivity index (χ1) is 14.5. The molecule has 0 radical (unpaired) electrons. The van der Waals surface area contributed by atoms with Gasteiger partial charge in [-0.2, -0.15) is 0 Å². The average Bonchev–Trinajstić information content (AvgIpc) is 2.74. The summed E-state index contributed by atoms with van der Waals surface area (Å²) in [6.07, 6.45) is 2.68. The van der Waals surface area contributed by atoms with Gasteiger partial charge < -0.3 is 5.32 Å². The molecular weight excluding hydrogens is 376 g/mol. The highest BCUT2D eigenvalue weighted by Gasteiger charge is 2.32. The van der Waals surface area contributed by atoms with Gasteiger partial charge >= 0.3 is 0 Å². The van der Waals surface area contributed by atoms with Gasteiger partial charge in [0.25, 0.3) is 5.56 Å². The summed E-state index contributed by atoms with van der Waals surface area (Å²) in [6.45, 7) is 6.05. The molecule has 0 saturated carbocycles. The fourth-order valence-corrected chi connectivity index (χ4v) is 4.17. The highest BCUT2D eigenvalue weighted by atomic mass is 16.2. The Labute approximate surface area is 176 Å². The number of amides is 1. The first-order valence-electron chi connectivity index (χ1n) is 10.6. The first kappa shape index (κ1) is 20.3. The maximum absolute atomic E-state index is 12.5. The van der Waals surface area contributed by atoms with Crippen LogP contribution in [0.5, 0.6) is 0 Å². The van der Waals surface area contributed by atoms with Crippen LogP contribution in [-0.2, 0) is 11.3 Å². The molecule has 30 heavy (non-hydrogen) atoms. The van der Waals surface area contributed by atoms with Gasteiger partial charge in [-0.25, -0.2) is 4.98 Å². The molecule has 1 N–H and O–H groups in total. The molecule has 6 nitrogen and oxygen atoms in total. The number of hydrogen-bond donors (Lipinski definition) is 1. The summed E-state index contributed by atoms with van der Waals surface area (Å²) in [5.74, 6) is 0.296. The Morgan fingerprint density at radius 1 is 1.17 bits per heavy atom. The van der Waals surface area contributed by atoms with E-state index in [4.69, 9.17) is 0 Å². The van der Waals surface area contributed by atoms with Crippen LogP contribution >= 0.6 is 0 Å². The number of nitrogens with zero attached hydrogens (tertiary/aromatic N) is 3. The number of carbonyl (C=O) groups excluding carboxylic acids is 1. The van der Waals surface area contributed by atoms with E-state index >= 15 is 0 Å². The van der Waals surface area contributed by atoms with Crippen LogP contribution in [0.2, 0.25) is 0 Å². The number of piperidine rings is 1. The lowest BCUT2D eigenvalue weighted by atomic mass is 9.85. The van der Waals surface area contributed by atoms with Gasteiger partial charge in [-0.15, -0.1) is 0 Å². The third-order valence-corrected chi connectivity index (χ3v) is 5.79. The second-order valence-electron chi connectivity index (χ2n) is 8.33. The van der Waals surface area contributed by atoms with Crippen molar-refractivity contribution in [2.24, 2.45) is 5.92 Å². The van der Waals surface area contributed by atoms with E-state index in [1.165, 1.54) is 5.56 Å².